The topological polar surface area (TPSA) is 54.3 Å². The van der Waals surface area contributed by atoms with E-state index in [1.54, 1.807) is 7.11 Å². The summed E-state index contributed by atoms with van der Waals surface area (Å²) in [4.78, 5) is 0. The van der Waals surface area contributed by atoms with E-state index in [4.69, 9.17) is 14.7 Å². The van der Waals surface area contributed by atoms with Gasteiger partial charge in [0.25, 0.3) is 0 Å². The maximum Gasteiger partial charge on any atom is 0.127 e. The van der Waals surface area contributed by atoms with Crippen LogP contribution in [0.25, 0.3) is 0 Å². The number of benzene rings is 1. The summed E-state index contributed by atoms with van der Waals surface area (Å²) < 4.78 is 11.1. The lowest BCUT2D eigenvalue weighted by molar-refractivity contribution is 0.280. The summed E-state index contributed by atoms with van der Waals surface area (Å²) in [7, 11) is 1.65. The molecule has 0 atom stereocenters. The molecule has 0 fully saturated rings. The third-order valence-corrected chi connectivity index (χ3v) is 3.35. The van der Waals surface area contributed by atoms with E-state index in [2.05, 4.69) is 18.3 Å². The number of rotatable bonds is 9. The normalized spacial score (nSPS) is 11.0. The van der Waals surface area contributed by atoms with Crippen LogP contribution in [0.3, 0.4) is 0 Å². The summed E-state index contributed by atoms with van der Waals surface area (Å²) in [6.07, 6.45) is 1.69. The summed E-state index contributed by atoms with van der Waals surface area (Å²) in [5.41, 5.74) is 0.835. The second-order valence-electron chi connectivity index (χ2n) is 5.70. The number of ether oxygens (including phenoxy) is 2. The molecule has 1 rings (SSSR count). The molecule has 0 saturated heterocycles. The molecule has 0 unspecified atom stereocenters. The molecule has 0 radical (unpaired) electrons. The standard InChI is InChI=1S/C17H26N2O2/c1-5-19-12-14-7-8-15(20-4)11-16(14)21-10-6-9-17(2,3)13-18/h7-8,11,19H,5-6,9-10,12H2,1-4H3. The summed E-state index contributed by atoms with van der Waals surface area (Å²) in [5, 5.41) is 12.3. The minimum Gasteiger partial charge on any atom is -0.497 e. The van der Waals surface area contributed by atoms with Gasteiger partial charge in [0.1, 0.15) is 11.5 Å². The Morgan fingerprint density at radius 1 is 1.33 bits per heavy atom. The molecule has 1 aromatic carbocycles. The molecule has 1 aromatic rings. The van der Waals surface area contributed by atoms with Crippen molar-refractivity contribution in [2.24, 2.45) is 5.41 Å². The number of methoxy groups -OCH3 is 1. The first-order valence-electron chi connectivity index (χ1n) is 7.44. The quantitative estimate of drug-likeness (QED) is 0.707. The Morgan fingerprint density at radius 2 is 2.10 bits per heavy atom. The lowest BCUT2D eigenvalue weighted by atomic mass is 9.90. The minimum absolute atomic E-state index is 0.287. The molecule has 0 aliphatic heterocycles. The largest absolute Gasteiger partial charge is 0.497 e. The van der Waals surface area contributed by atoms with Gasteiger partial charge in [-0.05, 0) is 39.3 Å². The minimum atomic E-state index is -0.287. The van der Waals surface area contributed by atoms with Crippen LogP contribution in [0.1, 0.15) is 39.2 Å². The molecule has 0 bridgehead atoms. The average Bonchev–Trinajstić information content (AvgIpc) is 2.50. The first-order chi connectivity index (χ1) is 10.0. The summed E-state index contributed by atoms with van der Waals surface area (Å²) in [5.74, 6) is 1.65. The van der Waals surface area contributed by atoms with Crippen LogP contribution in [0.2, 0.25) is 0 Å². The fourth-order valence-corrected chi connectivity index (χ4v) is 1.95. The fourth-order valence-electron chi connectivity index (χ4n) is 1.95. The van der Waals surface area contributed by atoms with Gasteiger partial charge in [-0.2, -0.15) is 5.26 Å². The molecular formula is C17H26N2O2. The van der Waals surface area contributed by atoms with Crippen molar-refractivity contribution in [1.82, 2.24) is 5.32 Å². The van der Waals surface area contributed by atoms with E-state index >= 15 is 0 Å². The van der Waals surface area contributed by atoms with Crippen molar-refractivity contribution in [2.45, 2.75) is 40.2 Å². The number of nitrogens with zero attached hydrogens (tertiary/aromatic N) is 1. The first kappa shape index (κ1) is 17.3. The van der Waals surface area contributed by atoms with E-state index in [1.165, 1.54) is 0 Å². The Morgan fingerprint density at radius 3 is 2.71 bits per heavy atom. The van der Waals surface area contributed by atoms with Crippen LogP contribution < -0.4 is 14.8 Å². The number of nitrogens with one attached hydrogen (secondary N) is 1. The molecule has 0 amide bonds. The van der Waals surface area contributed by atoms with Crippen LogP contribution in [-0.2, 0) is 6.54 Å². The maximum absolute atomic E-state index is 9.00. The summed E-state index contributed by atoms with van der Waals surface area (Å²) in [6.45, 7) is 8.29. The number of hydrogen-bond donors (Lipinski definition) is 1. The smallest absolute Gasteiger partial charge is 0.127 e. The van der Waals surface area contributed by atoms with Gasteiger partial charge in [0, 0.05) is 18.2 Å². The fraction of sp³-hybridized carbons (Fsp3) is 0.588. The van der Waals surface area contributed by atoms with Gasteiger partial charge in [-0.1, -0.05) is 13.0 Å². The van der Waals surface area contributed by atoms with Crippen LogP contribution in [0.5, 0.6) is 11.5 Å². The molecule has 4 nitrogen and oxygen atoms in total. The Hall–Kier alpha value is -1.73. The van der Waals surface area contributed by atoms with Crippen molar-refractivity contribution in [3.63, 3.8) is 0 Å². The first-order valence-corrected chi connectivity index (χ1v) is 7.44. The van der Waals surface area contributed by atoms with Crippen molar-refractivity contribution in [3.8, 4) is 17.6 Å². The number of hydrogen-bond acceptors (Lipinski definition) is 4. The van der Waals surface area contributed by atoms with Gasteiger partial charge in [-0.15, -0.1) is 0 Å². The van der Waals surface area contributed by atoms with E-state index in [1.807, 2.05) is 32.0 Å². The van der Waals surface area contributed by atoms with Crippen molar-refractivity contribution in [2.75, 3.05) is 20.3 Å². The van der Waals surface area contributed by atoms with E-state index in [-0.39, 0.29) is 5.41 Å². The number of nitriles is 1. The zero-order valence-electron chi connectivity index (χ0n) is 13.5. The van der Waals surface area contributed by atoms with Gasteiger partial charge in [0.2, 0.25) is 0 Å². The molecule has 0 aromatic heterocycles. The van der Waals surface area contributed by atoms with Gasteiger partial charge < -0.3 is 14.8 Å². The van der Waals surface area contributed by atoms with Crippen LogP contribution in [0.4, 0.5) is 0 Å². The third-order valence-electron chi connectivity index (χ3n) is 3.35. The zero-order chi connectivity index (χ0) is 15.7. The summed E-state index contributed by atoms with van der Waals surface area (Å²) >= 11 is 0. The second-order valence-corrected chi connectivity index (χ2v) is 5.70. The van der Waals surface area contributed by atoms with Crippen LogP contribution >= 0.6 is 0 Å². The zero-order valence-corrected chi connectivity index (χ0v) is 13.5. The van der Waals surface area contributed by atoms with Gasteiger partial charge >= 0.3 is 0 Å². The highest BCUT2D eigenvalue weighted by Crippen LogP contribution is 2.26. The van der Waals surface area contributed by atoms with E-state index in [0.717, 1.165) is 43.0 Å². The monoisotopic (exact) mass is 290 g/mol. The average molecular weight is 290 g/mol. The Kier molecular flexibility index (Phi) is 7.04. The molecule has 0 heterocycles. The molecule has 0 aliphatic carbocycles. The van der Waals surface area contributed by atoms with Crippen LogP contribution in [0, 0.1) is 16.7 Å². The maximum atomic E-state index is 9.00. The molecular weight excluding hydrogens is 264 g/mol. The van der Waals surface area contributed by atoms with Crippen molar-refractivity contribution < 1.29 is 9.47 Å². The molecule has 0 aliphatic rings. The van der Waals surface area contributed by atoms with Crippen molar-refractivity contribution in [1.29, 1.82) is 5.26 Å². The second kappa shape index (κ2) is 8.53. The van der Waals surface area contributed by atoms with E-state index in [0.29, 0.717) is 6.61 Å². The third kappa shape index (κ3) is 6.05. The van der Waals surface area contributed by atoms with E-state index < -0.39 is 0 Å². The van der Waals surface area contributed by atoms with E-state index in [9.17, 15) is 0 Å². The predicted molar refractivity (Wildman–Crippen MR) is 84.5 cm³/mol. The lowest BCUT2D eigenvalue weighted by Crippen LogP contribution is -2.14. The highest BCUT2D eigenvalue weighted by Gasteiger charge is 2.16. The van der Waals surface area contributed by atoms with Crippen molar-refractivity contribution >= 4 is 0 Å². The van der Waals surface area contributed by atoms with Crippen LogP contribution in [0.15, 0.2) is 18.2 Å². The van der Waals surface area contributed by atoms with Gasteiger partial charge in [0.15, 0.2) is 0 Å². The van der Waals surface area contributed by atoms with Gasteiger partial charge in [-0.3, -0.25) is 0 Å². The van der Waals surface area contributed by atoms with Gasteiger partial charge in [-0.25, -0.2) is 0 Å². The molecule has 116 valence electrons. The van der Waals surface area contributed by atoms with Gasteiger partial charge in [0.05, 0.1) is 25.2 Å². The summed E-state index contributed by atoms with van der Waals surface area (Å²) in [6, 6.07) is 8.20. The van der Waals surface area contributed by atoms with Crippen LogP contribution in [-0.4, -0.2) is 20.3 Å². The highest BCUT2D eigenvalue weighted by molar-refractivity contribution is 5.40. The Labute approximate surface area is 128 Å². The molecule has 4 heteroatoms. The molecule has 0 saturated carbocycles. The SMILES string of the molecule is CCNCc1ccc(OC)cc1OCCCC(C)(C)C#N. The highest BCUT2D eigenvalue weighted by atomic mass is 16.5. The predicted octanol–water partition coefficient (Wildman–Crippen LogP) is 3.51. The lowest BCUT2D eigenvalue weighted by Gasteiger charge is -2.16. The Bertz CT molecular complexity index is 478. The molecule has 21 heavy (non-hydrogen) atoms. The molecule has 0 spiro atoms. The van der Waals surface area contributed by atoms with Crippen molar-refractivity contribution in [3.05, 3.63) is 23.8 Å². The Balaban J connectivity index is 2.61. The molecule has 1 N–H and O–H groups in total.